The molecule has 1 fully saturated rings. The van der Waals surface area contributed by atoms with E-state index in [4.69, 9.17) is 10.5 Å². The molecule has 2 rings (SSSR count). The largest absolute Gasteiger partial charge is 0.398 e. The molecule has 118 valence electrons. The lowest BCUT2D eigenvalue weighted by atomic mass is 10.1. The number of halogens is 1. The molecule has 7 heteroatoms. The van der Waals surface area contributed by atoms with Gasteiger partial charge in [-0.05, 0) is 37.0 Å². The summed E-state index contributed by atoms with van der Waals surface area (Å²) in [5.41, 5.74) is 6.96. The maximum Gasteiger partial charge on any atom is 0.243 e. The molecule has 0 bridgehead atoms. The molecule has 2 N–H and O–H groups in total. The molecule has 21 heavy (non-hydrogen) atoms. The van der Waals surface area contributed by atoms with E-state index < -0.39 is 10.0 Å². The van der Waals surface area contributed by atoms with Crippen molar-refractivity contribution < 1.29 is 13.2 Å². The number of nitrogen functional groups attached to an aromatic ring is 1. The first-order valence-corrected chi connectivity index (χ1v) is 9.23. The maximum atomic E-state index is 12.9. The molecule has 1 aliphatic heterocycles. The molecule has 5 nitrogen and oxygen atoms in total. The van der Waals surface area contributed by atoms with Crippen molar-refractivity contribution in [2.75, 3.05) is 32.0 Å². The fourth-order valence-electron chi connectivity index (χ4n) is 2.49. The van der Waals surface area contributed by atoms with Crippen molar-refractivity contribution in [1.29, 1.82) is 0 Å². The average molecular weight is 377 g/mol. The van der Waals surface area contributed by atoms with Gasteiger partial charge in [0.1, 0.15) is 0 Å². The predicted octanol–water partition coefficient (Wildman–Crippen LogP) is 2.39. The fourth-order valence-corrected chi connectivity index (χ4v) is 4.93. The summed E-state index contributed by atoms with van der Waals surface area (Å²) in [4.78, 5) is 0.273. The van der Waals surface area contributed by atoms with Crippen molar-refractivity contribution in [3.8, 4) is 0 Å². The fraction of sp³-hybridized carbons (Fsp3) is 0.571. The molecule has 0 saturated carbocycles. The summed E-state index contributed by atoms with van der Waals surface area (Å²) in [6.07, 6.45) is 0.908. The lowest BCUT2D eigenvalue weighted by molar-refractivity contribution is 0.181. The molecule has 0 aliphatic carbocycles. The van der Waals surface area contributed by atoms with Gasteiger partial charge in [-0.1, -0.05) is 22.9 Å². The van der Waals surface area contributed by atoms with Gasteiger partial charge in [-0.3, -0.25) is 0 Å². The van der Waals surface area contributed by atoms with E-state index in [2.05, 4.69) is 15.9 Å². The molecule has 0 radical (unpaired) electrons. The summed E-state index contributed by atoms with van der Waals surface area (Å²) in [7, 11) is -3.55. The van der Waals surface area contributed by atoms with Crippen molar-refractivity contribution >= 4 is 31.6 Å². The summed E-state index contributed by atoms with van der Waals surface area (Å²) >= 11 is 3.32. The SMILES string of the molecule is CCN(CC1CCOC1)S(=O)(=O)c1cc(Br)cc(N)c1C. The second-order valence-electron chi connectivity index (χ2n) is 5.30. The molecule has 1 aromatic rings. The number of benzene rings is 1. The zero-order valence-corrected chi connectivity index (χ0v) is 14.7. The van der Waals surface area contributed by atoms with Gasteiger partial charge in [0.05, 0.1) is 11.5 Å². The van der Waals surface area contributed by atoms with E-state index in [0.29, 0.717) is 42.0 Å². The van der Waals surface area contributed by atoms with Gasteiger partial charge >= 0.3 is 0 Å². The quantitative estimate of drug-likeness (QED) is 0.800. The van der Waals surface area contributed by atoms with Gasteiger partial charge in [0.2, 0.25) is 10.0 Å². The first-order chi connectivity index (χ1) is 9.86. The highest BCUT2D eigenvalue weighted by molar-refractivity contribution is 9.10. The number of nitrogens with zero attached hydrogens (tertiary/aromatic N) is 1. The van der Waals surface area contributed by atoms with Gasteiger partial charge in [0.15, 0.2) is 0 Å². The highest BCUT2D eigenvalue weighted by atomic mass is 79.9. The van der Waals surface area contributed by atoms with Crippen LogP contribution in [0.25, 0.3) is 0 Å². The van der Waals surface area contributed by atoms with E-state index >= 15 is 0 Å². The molecule has 0 spiro atoms. The van der Waals surface area contributed by atoms with Crippen LogP contribution in [0.5, 0.6) is 0 Å². The van der Waals surface area contributed by atoms with E-state index in [1.54, 1.807) is 19.1 Å². The summed E-state index contributed by atoms with van der Waals surface area (Å²) in [6.45, 7) is 5.86. The Balaban J connectivity index is 2.34. The molecule has 1 unspecified atom stereocenters. The zero-order chi connectivity index (χ0) is 15.6. The summed E-state index contributed by atoms with van der Waals surface area (Å²) in [5, 5.41) is 0. The molecule has 0 aromatic heterocycles. The Bertz CT molecular complexity index is 613. The van der Waals surface area contributed by atoms with Crippen LogP contribution in [0.15, 0.2) is 21.5 Å². The summed E-state index contributed by atoms with van der Waals surface area (Å²) in [5.74, 6) is 0.268. The molecule has 1 aliphatic rings. The molecule has 0 amide bonds. The Hall–Kier alpha value is -0.630. The standard InChI is InChI=1S/C14H21BrN2O3S/c1-3-17(8-11-4-5-20-9-11)21(18,19)14-7-12(15)6-13(16)10(14)2/h6-7,11H,3-5,8-9,16H2,1-2H3. The molecule has 1 aromatic carbocycles. The van der Waals surface area contributed by atoms with Gasteiger partial charge in [-0.25, -0.2) is 8.42 Å². The number of hydrogen-bond donors (Lipinski definition) is 1. The Kier molecular flexibility index (Phi) is 5.29. The summed E-state index contributed by atoms with van der Waals surface area (Å²) in [6, 6.07) is 3.34. The third kappa shape index (κ3) is 3.59. The second-order valence-corrected chi connectivity index (χ2v) is 8.13. The lowest BCUT2D eigenvalue weighted by Crippen LogP contribution is -2.36. The molecule has 1 saturated heterocycles. The molecular weight excluding hydrogens is 356 g/mol. The van der Waals surface area contributed by atoms with Crippen LogP contribution in [-0.2, 0) is 14.8 Å². The topological polar surface area (TPSA) is 72.6 Å². The average Bonchev–Trinajstić information content (AvgIpc) is 2.92. The van der Waals surface area contributed by atoms with Crippen LogP contribution in [0.4, 0.5) is 5.69 Å². The van der Waals surface area contributed by atoms with Gasteiger partial charge in [-0.2, -0.15) is 4.31 Å². The summed E-state index contributed by atoms with van der Waals surface area (Å²) < 4.78 is 33.3. The normalized spacial score (nSPS) is 19.3. The Morgan fingerprint density at radius 3 is 2.76 bits per heavy atom. The van der Waals surface area contributed by atoms with Crippen molar-refractivity contribution in [3.05, 3.63) is 22.2 Å². The van der Waals surface area contributed by atoms with Crippen molar-refractivity contribution in [2.45, 2.75) is 25.2 Å². The van der Waals surface area contributed by atoms with Gasteiger partial charge in [0, 0.05) is 29.9 Å². The third-order valence-electron chi connectivity index (χ3n) is 3.82. The van der Waals surface area contributed by atoms with Crippen LogP contribution in [-0.4, -0.2) is 39.0 Å². The van der Waals surface area contributed by atoms with Crippen LogP contribution < -0.4 is 5.73 Å². The van der Waals surface area contributed by atoms with E-state index in [1.165, 1.54) is 4.31 Å². The van der Waals surface area contributed by atoms with Crippen molar-refractivity contribution in [1.82, 2.24) is 4.31 Å². The van der Waals surface area contributed by atoms with Crippen LogP contribution in [0.3, 0.4) is 0 Å². The number of anilines is 1. The highest BCUT2D eigenvalue weighted by Gasteiger charge is 2.29. The number of rotatable bonds is 5. The maximum absolute atomic E-state index is 12.9. The van der Waals surface area contributed by atoms with Crippen LogP contribution in [0, 0.1) is 12.8 Å². The highest BCUT2D eigenvalue weighted by Crippen LogP contribution is 2.29. The Morgan fingerprint density at radius 1 is 1.48 bits per heavy atom. The zero-order valence-electron chi connectivity index (χ0n) is 12.3. The van der Waals surface area contributed by atoms with Crippen LogP contribution in [0.1, 0.15) is 18.9 Å². The third-order valence-corrected chi connectivity index (χ3v) is 6.35. The van der Waals surface area contributed by atoms with Crippen LogP contribution in [0.2, 0.25) is 0 Å². The van der Waals surface area contributed by atoms with Gasteiger partial charge in [0.25, 0.3) is 0 Å². The number of nitrogens with two attached hydrogens (primary N) is 1. The monoisotopic (exact) mass is 376 g/mol. The van der Waals surface area contributed by atoms with E-state index in [0.717, 1.165) is 6.42 Å². The number of sulfonamides is 1. The smallest absolute Gasteiger partial charge is 0.243 e. The molecule has 1 atom stereocenters. The van der Waals surface area contributed by atoms with Crippen molar-refractivity contribution in [2.24, 2.45) is 5.92 Å². The van der Waals surface area contributed by atoms with Gasteiger partial charge < -0.3 is 10.5 Å². The second kappa shape index (κ2) is 6.64. The minimum absolute atomic E-state index is 0.268. The Labute approximate surface area is 134 Å². The van der Waals surface area contributed by atoms with E-state index in [1.807, 2.05) is 6.92 Å². The number of hydrogen-bond acceptors (Lipinski definition) is 4. The minimum atomic E-state index is -3.55. The molecular formula is C14H21BrN2O3S. The lowest BCUT2D eigenvalue weighted by Gasteiger charge is -2.24. The first kappa shape index (κ1) is 16.7. The Morgan fingerprint density at radius 2 is 2.19 bits per heavy atom. The first-order valence-electron chi connectivity index (χ1n) is 6.99. The van der Waals surface area contributed by atoms with Crippen LogP contribution >= 0.6 is 15.9 Å². The van der Waals surface area contributed by atoms with Crippen molar-refractivity contribution in [3.63, 3.8) is 0 Å². The van der Waals surface area contributed by atoms with E-state index in [9.17, 15) is 8.42 Å². The van der Waals surface area contributed by atoms with Gasteiger partial charge in [-0.15, -0.1) is 0 Å². The minimum Gasteiger partial charge on any atom is -0.398 e. The predicted molar refractivity (Wildman–Crippen MR) is 86.7 cm³/mol. The number of ether oxygens (including phenoxy) is 1. The molecule has 1 heterocycles. The van der Waals surface area contributed by atoms with E-state index in [-0.39, 0.29) is 10.8 Å².